The van der Waals surface area contributed by atoms with Gasteiger partial charge in [-0.1, -0.05) is 60.7 Å². The van der Waals surface area contributed by atoms with Gasteiger partial charge >= 0.3 is 0 Å². The predicted octanol–water partition coefficient (Wildman–Crippen LogP) is 2.31. The second-order valence-corrected chi connectivity index (χ2v) is 4.49. The molecular weight excluding hydrogens is 222 g/mol. The highest BCUT2D eigenvalue weighted by Gasteiger charge is 2.31. The zero-order valence-electron chi connectivity index (χ0n) is 10.4. The largest absolute Gasteiger partial charge is 0.396 e. The summed E-state index contributed by atoms with van der Waals surface area (Å²) in [5.74, 6) is 0. The van der Waals surface area contributed by atoms with Crippen molar-refractivity contribution in [2.45, 2.75) is 11.8 Å². The van der Waals surface area contributed by atoms with E-state index in [0.717, 1.165) is 11.1 Å². The molecule has 2 rings (SSSR count). The van der Waals surface area contributed by atoms with E-state index in [0.29, 0.717) is 13.0 Å². The predicted molar refractivity (Wildman–Crippen MR) is 74.4 cm³/mol. The molecule has 2 aromatic rings. The molecule has 3 N–H and O–H groups in total. The normalized spacial score (nSPS) is 11.4. The van der Waals surface area contributed by atoms with Crippen molar-refractivity contribution in [2.75, 3.05) is 13.2 Å². The minimum Gasteiger partial charge on any atom is -0.396 e. The third-order valence-electron chi connectivity index (χ3n) is 3.54. The first kappa shape index (κ1) is 12.8. The third-order valence-corrected chi connectivity index (χ3v) is 3.54. The van der Waals surface area contributed by atoms with Crippen molar-refractivity contribution in [3.63, 3.8) is 0 Å². The van der Waals surface area contributed by atoms with Crippen LogP contribution in [0.2, 0.25) is 0 Å². The fourth-order valence-corrected chi connectivity index (χ4v) is 2.50. The SMILES string of the molecule is NCC(CCO)(c1ccccc1)c1ccccc1. The van der Waals surface area contributed by atoms with Crippen LogP contribution in [0.3, 0.4) is 0 Å². The maximum absolute atomic E-state index is 9.40. The summed E-state index contributed by atoms with van der Waals surface area (Å²) in [6, 6.07) is 20.4. The van der Waals surface area contributed by atoms with Gasteiger partial charge < -0.3 is 10.8 Å². The molecule has 0 aliphatic carbocycles. The molecule has 18 heavy (non-hydrogen) atoms. The molecule has 0 saturated heterocycles. The molecule has 0 heterocycles. The number of aliphatic hydroxyl groups excluding tert-OH is 1. The Balaban J connectivity index is 2.53. The lowest BCUT2D eigenvalue weighted by molar-refractivity contribution is 0.255. The molecule has 2 heteroatoms. The van der Waals surface area contributed by atoms with Gasteiger partial charge in [-0.2, -0.15) is 0 Å². The van der Waals surface area contributed by atoms with Crippen LogP contribution in [0, 0.1) is 0 Å². The first-order valence-corrected chi connectivity index (χ1v) is 6.25. The minimum atomic E-state index is -0.294. The number of aliphatic hydroxyl groups is 1. The Bertz CT molecular complexity index is 427. The highest BCUT2D eigenvalue weighted by atomic mass is 16.3. The van der Waals surface area contributed by atoms with Crippen molar-refractivity contribution in [2.24, 2.45) is 5.73 Å². The smallest absolute Gasteiger partial charge is 0.0443 e. The van der Waals surface area contributed by atoms with E-state index < -0.39 is 0 Å². The molecule has 0 amide bonds. The van der Waals surface area contributed by atoms with E-state index in [1.165, 1.54) is 0 Å². The molecule has 0 atom stereocenters. The first-order chi connectivity index (χ1) is 8.83. The van der Waals surface area contributed by atoms with E-state index >= 15 is 0 Å². The van der Waals surface area contributed by atoms with Crippen LogP contribution in [0.25, 0.3) is 0 Å². The number of hydrogen-bond acceptors (Lipinski definition) is 2. The van der Waals surface area contributed by atoms with Gasteiger partial charge in [0.05, 0.1) is 0 Å². The molecule has 94 valence electrons. The molecule has 0 aromatic heterocycles. The van der Waals surface area contributed by atoms with Gasteiger partial charge in [-0.25, -0.2) is 0 Å². The lowest BCUT2D eigenvalue weighted by Crippen LogP contribution is -2.37. The van der Waals surface area contributed by atoms with Gasteiger partial charge in [-0.3, -0.25) is 0 Å². The van der Waals surface area contributed by atoms with Crippen LogP contribution in [0.5, 0.6) is 0 Å². The number of hydrogen-bond donors (Lipinski definition) is 2. The van der Waals surface area contributed by atoms with E-state index in [1.54, 1.807) is 0 Å². The van der Waals surface area contributed by atoms with Crippen molar-refractivity contribution < 1.29 is 5.11 Å². The highest BCUT2D eigenvalue weighted by molar-refractivity contribution is 5.39. The van der Waals surface area contributed by atoms with Crippen molar-refractivity contribution in [3.8, 4) is 0 Å². The summed E-state index contributed by atoms with van der Waals surface area (Å²) in [6.45, 7) is 0.614. The molecule has 0 aliphatic rings. The fraction of sp³-hybridized carbons (Fsp3) is 0.250. The van der Waals surface area contributed by atoms with Crippen LogP contribution in [0.1, 0.15) is 17.5 Å². The summed E-state index contributed by atoms with van der Waals surface area (Å²) in [4.78, 5) is 0. The van der Waals surface area contributed by atoms with E-state index in [4.69, 9.17) is 5.73 Å². The van der Waals surface area contributed by atoms with Gasteiger partial charge in [0.25, 0.3) is 0 Å². The molecule has 0 unspecified atom stereocenters. The lowest BCUT2D eigenvalue weighted by atomic mass is 9.72. The Hall–Kier alpha value is -1.64. The number of benzene rings is 2. The Labute approximate surface area is 108 Å². The third kappa shape index (κ3) is 2.30. The van der Waals surface area contributed by atoms with Crippen LogP contribution in [0.15, 0.2) is 60.7 Å². The molecule has 0 radical (unpaired) electrons. The lowest BCUT2D eigenvalue weighted by Gasteiger charge is -2.33. The highest BCUT2D eigenvalue weighted by Crippen LogP contribution is 2.34. The zero-order valence-corrected chi connectivity index (χ0v) is 10.4. The second kappa shape index (κ2) is 5.80. The molecule has 0 aliphatic heterocycles. The molecule has 2 aromatic carbocycles. The van der Waals surface area contributed by atoms with Gasteiger partial charge in [0.15, 0.2) is 0 Å². The molecule has 2 nitrogen and oxygen atoms in total. The molecular formula is C16H19NO. The van der Waals surface area contributed by atoms with Crippen molar-refractivity contribution >= 4 is 0 Å². The van der Waals surface area contributed by atoms with Gasteiger partial charge in [0.2, 0.25) is 0 Å². The quantitative estimate of drug-likeness (QED) is 0.844. The fourth-order valence-electron chi connectivity index (χ4n) is 2.50. The Morgan fingerprint density at radius 3 is 1.61 bits per heavy atom. The molecule has 0 fully saturated rings. The first-order valence-electron chi connectivity index (χ1n) is 6.25. The van der Waals surface area contributed by atoms with Crippen molar-refractivity contribution in [1.29, 1.82) is 0 Å². The summed E-state index contributed by atoms with van der Waals surface area (Å²) in [7, 11) is 0. The summed E-state index contributed by atoms with van der Waals surface area (Å²) in [6.07, 6.45) is 0.636. The van der Waals surface area contributed by atoms with Crippen LogP contribution < -0.4 is 5.73 Å². The van der Waals surface area contributed by atoms with Gasteiger partial charge in [0, 0.05) is 18.6 Å². The molecule has 0 bridgehead atoms. The van der Waals surface area contributed by atoms with Gasteiger partial charge in [-0.05, 0) is 17.5 Å². The Morgan fingerprint density at radius 2 is 1.28 bits per heavy atom. The maximum atomic E-state index is 9.40. The van der Waals surface area contributed by atoms with Crippen LogP contribution in [-0.4, -0.2) is 18.3 Å². The standard InChI is InChI=1S/C16H19NO/c17-13-16(11-12-18,14-7-3-1-4-8-14)15-9-5-2-6-10-15/h1-10,18H,11-13,17H2. The van der Waals surface area contributed by atoms with Crippen LogP contribution in [-0.2, 0) is 5.41 Å². The summed E-state index contributed by atoms with van der Waals surface area (Å²) in [5, 5.41) is 9.40. The monoisotopic (exact) mass is 241 g/mol. The second-order valence-electron chi connectivity index (χ2n) is 4.49. The van der Waals surface area contributed by atoms with E-state index in [-0.39, 0.29) is 12.0 Å². The maximum Gasteiger partial charge on any atom is 0.0443 e. The van der Waals surface area contributed by atoms with Crippen molar-refractivity contribution in [1.82, 2.24) is 0 Å². The van der Waals surface area contributed by atoms with E-state index in [2.05, 4.69) is 24.3 Å². The Kier molecular flexibility index (Phi) is 4.13. The van der Waals surface area contributed by atoms with Gasteiger partial charge in [-0.15, -0.1) is 0 Å². The minimum absolute atomic E-state index is 0.126. The summed E-state index contributed by atoms with van der Waals surface area (Å²) < 4.78 is 0. The molecule has 0 saturated carbocycles. The zero-order chi connectivity index (χ0) is 12.8. The van der Waals surface area contributed by atoms with E-state index in [1.807, 2.05) is 36.4 Å². The van der Waals surface area contributed by atoms with Crippen LogP contribution in [0.4, 0.5) is 0 Å². The average Bonchev–Trinajstić information content (AvgIpc) is 2.47. The number of nitrogens with two attached hydrogens (primary N) is 1. The van der Waals surface area contributed by atoms with Crippen molar-refractivity contribution in [3.05, 3.63) is 71.8 Å². The summed E-state index contributed by atoms with van der Waals surface area (Å²) >= 11 is 0. The Morgan fingerprint density at radius 1 is 0.833 bits per heavy atom. The summed E-state index contributed by atoms with van der Waals surface area (Å²) in [5.41, 5.74) is 8.07. The topological polar surface area (TPSA) is 46.2 Å². The number of rotatable bonds is 5. The average molecular weight is 241 g/mol. The van der Waals surface area contributed by atoms with Gasteiger partial charge in [0.1, 0.15) is 0 Å². The van der Waals surface area contributed by atoms with Crippen LogP contribution >= 0.6 is 0 Å². The molecule has 0 spiro atoms. The van der Waals surface area contributed by atoms with E-state index in [9.17, 15) is 5.11 Å².